The molecule has 2 aromatic heterocycles. The summed E-state index contributed by atoms with van der Waals surface area (Å²) in [6.07, 6.45) is 0.645. The van der Waals surface area contributed by atoms with Gasteiger partial charge in [0.05, 0.1) is 24.6 Å². The number of benzene rings is 3. The second kappa shape index (κ2) is 10.1. The molecule has 186 valence electrons. The Hall–Kier alpha value is -4.72. The number of carbonyl (C=O) groups excluding carboxylic acids is 2. The number of nitrogens with one attached hydrogen (secondary N) is 1. The third kappa shape index (κ3) is 4.73. The summed E-state index contributed by atoms with van der Waals surface area (Å²) in [5.74, 6) is -0.197. The van der Waals surface area contributed by atoms with Crippen LogP contribution in [0.1, 0.15) is 29.4 Å². The minimum absolute atomic E-state index is 0.0760. The van der Waals surface area contributed by atoms with Gasteiger partial charge in [-0.15, -0.1) is 0 Å². The Labute approximate surface area is 212 Å². The van der Waals surface area contributed by atoms with Crippen LogP contribution in [0.25, 0.3) is 27.6 Å². The maximum atomic E-state index is 13.4. The number of para-hydroxylation sites is 3. The standard InChI is InChI=1S/C29H25N3O5/c1-18(28(34)22-17-30-23-8-4-3-7-21(22)23)37-27(33)16-15-25-29(35)32(19-11-13-20(36-2)14-12-19)26-10-6-5-9-24(26)31-25/h3-14,17-18,30H,15-16H2,1-2H3/t18-/m1/s1. The molecule has 0 amide bonds. The molecule has 37 heavy (non-hydrogen) atoms. The number of aryl methyl sites for hydroxylation is 1. The first-order valence-electron chi connectivity index (χ1n) is 11.9. The molecule has 3 aromatic carbocycles. The highest BCUT2D eigenvalue weighted by Crippen LogP contribution is 2.21. The Morgan fingerprint density at radius 3 is 2.51 bits per heavy atom. The predicted molar refractivity (Wildman–Crippen MR) is 140 cm³/mol. The normalized spacial score (nSPS) is 11.9. The van der Waals surface area contributed by atoms with Gasteiger partial charge in [-0.1, -0.05) is 30.3 Å². The van der Waals surface area contributed by atoms with Gasteiger partial charge in [0.1, 0.15) is 11.4 Å². The molecular formula is C29H25N3O5. The first kappa shape index (κ1) is 24.0. The molecule has 2 heterocycles. The van der Waals surface area contributed by atoms with Crippen LogP contribution in [-0.4, -0.2) is 39.5 Å². The molecule has 1 N–H and O–H groups in total. The van der Waals surface area contributed by atoms with Gasteiger partial charge in [-0.2, -0.15) is 0 Å². The van der Waals surface area contributed by atoms with Crippen LogP contribution in [-0.2, 0) is 16.0 Å². The number of esters is 1. The number of methoxy groups -OCH3 is 1. The average molecular weight is 496 g/mol. The van der Waals surface area contributed by atoms with E-state index in [9.17, 15) is 14.4 Å². The molecule has 8 nitrogen and oxygen atoms in total. The maximum Gasteiger partial charge on any atom is 0.306 e. The van der Waals surface area contributed by atoms with E-state index in [1.54, 1.807) is 49.1 Å². The molecule has 0 bridgehead atoms. The highest BCUT2D eigenvalue weighted by Gasteiger charge is 2.23. The summed E-state index contributed by atoms with van der Waals surface area (Å²) in [5.41, 5.74) is 3.16. The molecule has 0 aliphatic carbocycles. The summed E-state index contributed by atoms with van der Waals surface area (Å²) in [6, 6.07) is 21.9. The van der Waals surface area contributed by atoms with Crippen LogP contribution in [0, 0.1) is 0 Å². The zero-order valence-corrected chi connectivity index (χ0v) is 20.4. The van der Waals surface area contributed by atoms with Crippen molar-refractivity contribution in [2.75, 3.05) is 7.11 Å². The number of hydrogen-bond donors (Lipinski definition) is 1. The summed E-state index contributed by atoms with van der Waals surface area (Å²) in [6.45, 7) is 1.55. The van der Waals surface area contributed by atoms with E-state index in [-0.39, 0.29) is 29.9 Å². The fraction of sp³-hybridized carbons (Fsp3) is 0.172. The number of hydrogen-bond acceptors (Lipinski definition) is 6. The van der Waals surface area contributed by atoms with Gasteiger partial charge in [0, 0.05) is 34.8 Å². The molecule has 0 aliphatic heterocycles. The zero-order chi connectivity index (χ0) is 25.9. The van der Waals surface area contributed by atoms with E-state index in [4.69, 9.17) is 9.47 Å². The molecule has 5 rings (SSSR count). The zero-order valence-electron chi connectivity index (χ0n) is 20.4. The van der Waals surface area contributed by atoms with Crippen LogP contribution in [0.5, 0.6) is 5.75 Å². The minimum Gasteiger partial charge on any atom is -0.497 e. The van der Waals surface area contributed by atoms with E-state index < -0.39 is 12.1 Å². The molecule has 0 saturated carbocycles. The lowest BCUT2D eigenvalue weighted by atomic mass is 10.1. The van der Waals surface area contributed by atoms with Crippen molar-refractivity contribution in [3.63, 3.8) is 0 Å². The van der Waals surface area contributed by atoms with Crippen LogP contribution in [0.4, 0.5) is 0 Å². The Kier molecular flexibility index (Phi) is 6.55. The fourth-order valence-electron chi connectivity index (χ4n) is 4.35. The van der Waals surface area contributed by atoms with Crippen molar-refractivity contribution in [3.8, 4) is 11.4 Å². The van der Waals surface area contributed by atoms with Crippen LogP contribution in [0.3, 0.4) is 0 Å². The smallest absolute Gasteiger partial charge is 0.306 e. The summed E-state index contributed by atoms with van der Waals surface area (Å²) in [5, 5.41) is 0.773. The number of rotatable bonds is 8. The molecule has 0 fully saturated rings. The molecule has 0 aliphatic rings. The average Bonchev–Trinajstić information content (AvgIpc) is 3.36. The fourth-order valence-corrected chi connectivity index (χ4v) is 4.35. The number of Topliss-reactive ketones (excluding diaryl/α,β-unsaturated/α-hetero) is 1. The van der Waals surface area contributed by atoms with Gasteiger partial charge in [-0.05, 0) is 49.4 Å². The maximum absolute atomic E-state index is 13.4. The third-order valence-electron chi connectivity index (χ3n) is 6.26. The number of H-pyrrole nitrogens is 1. The molecular weight excluding hydrogens is 470 g/mol. The summed E-state index contributed by atoms with van der Waals surface area (Å²) < 4.78 is 12.2. The van der Waals surface area contributed by atoms with Crippen molar-refractivity contribution in [3.05, 3.63) is 101 Å². The summed E-state index contributed by atoms with van der Waals surface area (Å²) >= 11 is 0. The van der Waals surface area contributed by atoms with Crippen molar-refractivity contribution in [2.45, 2.75) is 25.9 Å². The minimum atomic E-state index is -0.966. The lowest BCUT2D eigenvalue weighted by Crippen LogP contribution is -2.27. The topological polar surface area (TPSA) is 103 Å². The Bertz CT molecular complexity index is 1670. The van der Waals surface area contributed by atoms with E-state index in [1.807, 2.05) is 48.5 Å². The summed E-state index contributed by atoms with van der Waals surface area (Å²) in [4.78, 5) is 46.5. The quantitative estimate of drug-likeness (QED) is 0.249. The van der Waals surface area contributed by atoms with Gasteiger partial charge >= 0.3 is 5.97 Å². The van der Waals surface area contributed by atoms with Crippen LogP contribution >= 0.6 is 0 Å². The lowest BCUT2D eigenvalue weighted by molar-refractivity contribution is -0.146. The molecule has 0 spiro atoms. The number of fused-ring (bicyclic) bond motifs is 2. The predicted octanol–water partition coefficient (Wildman–Crippen LogP) is 4.62. The molecule has 8 heteroatoms. The third-order valence-corrected chi connectivity index (χ3v) is 6.26. The monoisotopic (exact) mass is 495 g/mol. The summed E-state index contributed by atoms with van der Waals surface area (Å²) in [7, 11) is 1.58. The van der Waals surface area contributed by atoms with Crippen molar-refractivity contribution < 1.29 is 19.1 Å². The first-order valence-corrected chi connectivity index (χ1v) is 11.9. The van der Waals surface area contributed by atoms with Gasteiger partial charge in [-0.25, -0.2) is 4.98 Å². The number of aromatic amines is 1. The second-order valence-corrected chi connectivity index (χ2v) is 8.63. The number of ether oxygens (including phenoxy) is 2. The molecule has 1 atom stereocenters. The van der Waals surface area contributed by atoms with E-state index in [2.05, 4.69) is 9.97 Å². The number of ketones is 1. The highest BCUT2D eigenvalue weighted by atomic mass is 16.5. The molecule has 0 radical (unpaired) electrons. The van der Waals surface area contributed by atoms with Crippen molar-refractivity contribution in [1.29, 1.82) is 0 Å². The first-order chi connectivity index (χ1) is 18.0. The van der Waals surface area contributed by atoms with Crippen LogP contribution in [0.15, 0.2) is 83.8 Å². The highest BCUT2D eigenvalue weighted by molar-refractivity contribution is 6.10. The Morgan fingerprint density at radius 1 is 1.00 bits per heavy atom. The van der Waals surface area contributed by atoms with Crippen molar-refractivity contribution >= 4 is 33.7 Å². The van der Waals surface area contributed by atoms with E-state index in [0.29, 0.717) is 28.0 Å². The van der Waals surface area contributed by atoms with Crippen LogP contribution in [0.2, 0.25) is 0 Å². The number of nitrogens with zero attached hydrogens (tertiary/aromatic N) is 2. The van der Waals surface area contributed by atoms with Crippen LogP contribution < -0.4 is 10.3 Å². The largest absolute Gasteiger partial charge is 0.497 e. The SMILES string of the molecule is COc1ccc(-n2c(=O)c(CCC(=O)O[C@H](C)C(=O)c3c[nH]c4ccccc34)nc3ccccc32)cc1. The van der Waals surface area contributed by atoms with Gasteiger partial charge in [0.2, 0.25) is 5.78 Å². The lowest BCUT2D eigenvalue weighted by Gasteiger charge is -2.14. The molecule has 5 aromatic rings. The van der Waals surface area contributed by atoms with Gasteiger partial charge in [0.25, 0.3) is 5.56 Å². The van der Waals surface area contributed by atoms with Gasteiger partial charge in [-0.3, -0.25) is 19.0 Å². The van der Waals surface area contributed by atoms with Gasteiger partial charge in [0.15, 0.2) is 6.10 Å². The van der Waals surface area contributed by atoms with Gasteiger partial charge < -0.3 is 14.5 Å². The van der Waals surface area contributed by atoms with E-state index in [0.717, 1.165) is 10.9 Å². The van der Waals surface area contributed by atoms with E-state index in [1.165, 1.54) is 0 Å². The molecule has 0 saturated heterocycles. The second-order valence-electron chi connectivity index (χ2n) is 8.63. The number of aromatic nitrogens is 3. The Morgan fingerprint density at radius 2 is 1.73 bits per heavy atom. The van der Waals surface area contributed by atoms with Crippen molar-refractivity contribution in [1.82, 2.24) is 14.5 Å². The van der Waals surface area contributed by atoms with Crippen molar-refractivity contribution in [2.24, 2.45) is 0 Å². The Balaban J connectivity index is 1.35. The number of carbonyl (C=O) groups is 2. The molecule has 0 unspecified atom stereocenters. The van der Waals surface area contributed by atoms with E-state index >= 15 is 0 Å².